The van der Waals surface area contributed by atoms with E-state index in [2.05, 4.69) is 5.32 Å². The van der Waals surface area contributed by atoms with Crippen molar-refractivity contribution in [1.82, 2.24) is 10.2 Å². The van der Waals surface area contributed by atoms with Gasteiger partial charge in [0.05, 0.1) is 24.1 Å². The third kappa shape index (κ3) is 9.09. The monoisotopic (exact) mass is 571 g/mol. The van der Waals surface area contributed by atoms with Crippen molar-refractivity contribution < 1.29 is 22.7 Å². The second-order valence-corrected chi connectivity index (χ2v) is 12.5. The number of ether oxygens (including phenoxy) is 1. The Morgan fingerprint density at radius 1 is 1.08 bits per heavy atom. The largest absolute Gasteiger partial charge is 0.495 e. The second-order valence-electron chi connectivity index (χ2n) is 9.79. The highest BCUT2D eigenvalue weighted by molar-refractivity contribution is 7.92. The number of rotatable bonds is 11. The Labute approximate surface area is 229 Å². The summed E-state index contributed by atoms with van der Waals surface area (Å²) >= 11 is 12.5. The lowest BCUT2D eigenvalue weighted by molar-refractivity contribution is -0.141. The lowest BCUT2D eigenvalue weighted by atomic mass is 10.1. The van der Waals surface area contributed by atoms with Gasteiger partial charge >= 0.3 is 0 Å². The van der Waals surface area contributed by atoms with Crippen molar-refractivity contribution in [3.8, 4) is 5.75 Å². The molecule has 2 rings (SSSR count). The van der Waals surface area contributed by atoms with Crippen molar-refractivity contribution in [2.45, 2.75) is 58.7 Å². The molecule has 2 amide bonds. The summed E-state index contributed by atoms with van der Waals surface area (Å²) in [5.41, 5.74) is 0.602. The molecule has 204 valence electrons. The molecule has 0 spiro atoms. The van der Waals surface area contributed by atoms with Crippen LogP contribution in [0.4, 0.5) is 5.69 Å². The van der Waals surface area contributed by atoms with Gasteiger partial charge < -0.3 is 15.0 Å². The predicted molar refractivity (Wildman–Crippen MR) is 149 cm³/mol. The van der Waals surface area contributed by atoms with Gasteiger partial charge in [0, 0.05) is 30.1 Å². The molecular weight excluding hydrogens is 537 g/mol. The molecule has 0 saturated carbocycles. The van der Waals surface area contributed by atoms with Crippen molar-refractivity contribution in [2.75, 3.05) is 24.2 Å². The number of amides is 2. The smallest absolute Gasteiger partial charge is 0.242 e. The van der Waals surface area contributed by atoms with E-state index in [-0.39, 0.29) is 42.8 Å². The lowest BCUT2D eigenvalue weighted by Gasteiger charge is -2.32. The van der Waals surface area contributed by atoms with E-state index >= 15 is 0 Å². The first-order valence-electron chi connectivity index (χ1n) is 11.8. The molecule has 0 fully saturated rings. The molecule has 1 atom stereocenters. The fourth-order valence-electron chi connectivity index (χ4n) is 3.68. The molecule has 0 aliphatic rings. The Kier molecular flexibility index (Phi) is 10.7. The molecule has 0 unspecified atom stereocenters. The minimum atomic E-state index is -3.65. The van der Waals surface area contributed by atoms with Crippen LogP contribution in [0, 0.1) is 0 Å². The standard InChI is InChI=1S/C26H35Cl2N3O5S/c1-18(25(33)29-26(2,3)4)30(17-19-10-7-8-11-21(19)27)24(32)12-9-15-31(37(6,34)35)20-13-14-23(36-5)22(28)16-20/h7-8,10-11,13-14,16,18H,9,12,15,17H2,1-6H3,(H,29,33)/t18-/m0/s1. The second kappa shape index (κ2) is 12.8. The highest BCUT2D eigenvalue weighted by Gasteiger charge is 2.29. The summed E-state index contributed by atoms with van der Waals surface area (Å²) in [4.78, 5) is 27.8. The van der Waals surface area contributed by atoms with E-state index in [4.69, 9.17) is 27.9 Å². The quantitative estimate of drug-likeness (QED) is 0.414. The van der Waals surface area contributed by atoms with Gasteiger partial charge in [0.1, 0.15) is 11.8 Å². The minimum absolute atomic E-state index is 0.0213. The number of benzene rings is 2. The fourth-order valence-corrected chi connectivity index (χ4v) is 5.09. The van der Waals surface area contributed by atoms with Crippen LogP contribution in [-0.4, -0.2) is 56.6 Å². The van der Waals surface area contributed by atoms with Crippen molar-refractivity contribution >= 4 is 50.7 Å². The number of halogens is 2. The summed E-state index contributed by atoms with van der Waals surface area (Å²) in [7, 11) is -2.18. The Bertz CT molecular complexity index is 1210. The van der Waals surface area contributed by atoms with Crippen molar-refractivity contribution in [3.05, 3.63) is 58.1 Å². The minimum Gasteiger partial charge on any atom is -0.495 e. The van der Waals surface area contributed by atoms with E-state index in [1.807, 2.05) is 26.8 Å². The molecule has 2 aromatic rings. The molecule has 0 aliphatic carbocycles. The average Bonchev–Trinajstić information content (AvgIpc) is 2.78. The molecule has 0 heterocycles. The van der Waals surface area contributed by atoms with Gasteiger partial charge in [-0.05, 0) is 63.9 Å². The van der Waals surface area contributed by atoms with Gasteiger partial charge in [0.2, 0.25) is 21.8 Å². The molecule has 0 saturated heterocycles. The number of hydrogen-bond donors (Lipinski definition) is 1. The number of methoxy groups -OCH3 is 1. The topological polar surface area (TPSA) is 96.0 Å². The molecule has 1 N–H and O–H groups in total. The molecule has 0 bridgehead atoms. The molecule has 37 heavy (non-hydrogen) atoms. The van der Waals surface area contributed by atoms with Crippen LogP contribution in [0.1, 0.15) is 46.1 Å². The van der Waals surface area contributed by atoms with Crippen LogP contribution in [0.5, 0.6) is 5.75 Å². The van der Waals surface area contributed by atoms with Crippen LogP contribution >= 0.6 is 23.2 Å². The number of sulfonamides is 1. The van der Waals surface area contributed by atoms with Crippen LogP contribution in [0.15, 0.2) is 42.5 Å². The summed E-state index contributed by atoms with van der Waals surface area (Å²) in [6.07, 6.45) is 1.34. The Morgan fingerprint density at radius 2 is 1.73 bits per heavy atom. The maximum absolute atomic E-state index is 13.4. The van der Waals surface area contributed by atoms with Gasteiger partial charge in [-0.3, -0.25) is 13.9 Å². The van der Waals surface area contributed by atoms with Gasteiger partial charge in [-0.25, -0.2) is 8.42 Å². The fraction of sp³-hybridized carbons (Fsp3) is 0.462. The summed E-state index contributed by atoms with van der Waals surface area (Å²) in [6, 6.07) is 11.0. The summed E-state index contributed by atoms with van der Waals surface area (Å²) < 4.78 is 31.3. The van der Waals surface area contributed by atoms with E-state index < -0.39 is 21.6 Å². The molecule has 0 aliphatic heterocycles. The maximum atomic E-state index is 13.4. The molecule has 0 radical (unpaired) electrons. The zero-order valence-electron chi connectivity index (χ0n) is 22.0. The highest BCUT2D eigenvalue weighted by Crippen LogP contribution is 2.30. The molecule has 0 aromatic heterocycles. The molecule has 8 nitrogen and oxygen atoms in total. The number of hydrogen-bond acceptors (Lipinski definition) is 5. The Morgan fingerprint density at radius 3 is 2.27 bits per heavy atom. The third-order valence-corrected chi connectivity index (χ3v) is 7.40. The number of nitrogens with zero attached hydrogens (tertiary/aromatic N) is 2. The lowest BCUT2D eigenvalue weighted by Crippen LogP contribution is -2.52. The highest BCUT2D eigenvalue weighted by atomic mass is 35.5. The SMILES string of the molecule is COc1ccc(N(CCCC(=O)N(Cc2ccccc2Cl)[C@@H](C)C(=O)NC(C)(C)C)S(C)(=O)=O)cc1Cl. The van der Waals surface area contributed by atoms with E-state index in [0.29, 0.717) is 22.0 Å². The van der Waals surface area contributed by atoms with E-state index in [0.717, 1.165) is 6.26 Å². The number of nitrogens with one attached hydrogen (secondary N) is 1. The van der Waals surface area contributed by atoms with Crippen LogP contribution in [-0.2, 0) is 26.2 Å². The number of carbonyl (C=O) groups excluding carboxylic acids is 2. The zero-order chi connectivity index (χ0) is 28.0. The number of carbonyl (C=O) groups is 2. The van der Waals surface area contributed by atoms with Crippen molar-refractivity contribution in [2.24, 2.45) is 0 Å². The normalized spacial score (nSPS) is 12.5. The summed E-state index contributed by atoms with van der Waals surface area (Å²) in [5, 5.41) is 3.67. The zero-order valence-corrected chi connectivity index (χ0v) is 24.4. The average molecular weight is 573 g/mol. The van der Waals surface area contributed by atoms with Gasteiger partial charge in [0.15, 0.2) is 0 Å². The molecule has 11 heteroatoms. The third-order valence-electron chi connectivity index (χ3n) is 5.54. The molecular formula is C26H35Cl2N3O5S. The van der Waals surface area contributed by atoms with Crippen LogP contribution < -0.4 is 14.4 Å². The number of anilines is 1. The molecule has 2 aromatic carbocycles. The summed E-state index contributed by atoms with van der Waals surface area (Å²) in [5.74, 6) is -0.164. The van der Waals surface area contributed by atoms with Gasteiger partial charge in [-0.2, -0.15) is 0 Å². The van der Waals surface area contributed by atoms with Crippen LogP contribution in [0.2, 0.25) is 10.0 Å². The van der Waals surface area contributed by atoms with Gasteiger partial charge in [0.25, 0.3) is 0 Å². The first kappa shape index (κ1) is 30.7. The first-order valence-corrected chi connectivity index (χ1v) is 14.4. The Hall–Kier alpha value is -2.49. The Balaban J connectivity index is 2.22. The van der Waals surface area contributed by atoms with Gasteiger partial charge in [-0.1, -0.05) is 41.4 Å². The first-order chi connectivity index (χ1) is 17.1. The van der Waals surface area contributed by atoms with Gasteiger partial charge in [-0.15, -0.1) is 0 Å². The van der Waals surface area contributed by atoms with E-state index in [1.165, 1.54) is 22.4 Å². The van der Waals surface area contributed by atoms with E-state index in [1.54, 1.807) is 37.3 Å². The van der Waals surface area contributed by atoms with Crippen LogP contribution in [0.25, 0.3) is 0 Å². The summed E-state index contributed by atoms with van der Waals surface area (Å²) in [6.45, 7) is 7.45. The van der Waals surface area contributed by atoms with Crippen molar-refractivity contribution in [3.63, 3.8) is 0 Å². The maximum Gasteiger partial charge on any atom is 0.242 e. The van der Waals surface area contributed by atoms with Crippen molar-refractivity contribution in [1.29, 1.82) is 0 Å². The predicted octanol–water partition coefficient (Wildman–Crippen LogP) is 4.88. The van der Waals surface area contributed by atoms with Crippen LogP contribution in [0.3, 0.4) is 0 Å². The van der Waals surface area contributed by atoms with E-state index in [9.17, 15) is 18.0 Å².